The Hall–Kier alpha value is -2.86. The van der Waals surface area contributed by atoms with E-state index in [4.69, 9.17) is 21.1 Å². The second-order valence-electron chi connectivity index (χ2n) is 10.2. The first kappa shape index (κ1) is 22.0. The first-order chi connectivity index (χ1) is 15.6. The maximum atomic E-state index is 14.9. The maximum Gasteiger partial charge on any atom is 0.410 e. The van der Waals surface area contributed by atoms with E-state index in [0.29, 0.717) is 29.4 Å². The van der Waals surface area contributed by atoms with Crippen LogP contribution < -0.4 is 4.74 Å². The van der Waals surface area contributed by atoms with Crippen molar-refractivity contribution in [1.82, 2.24) is 9.88 Å². The Kier molecular flexibility index (Phi) is 5.24. The average molecular weight is 469 g/mol. The fourth-order valence-electron chi connectivity index (χ4n) is 4.74. The van der Waals surface area contributed by atoms with E-state index in [1.807, 2.05) is 39.0 Å². The molecule has 0 radical (unpaired) electrons. The summed E-state index contributed by atoms with van der Waals surface area (Å²) in [7, 11) is 0. The first-order valence-corrected chi connectivity index (χ1v) is 11.5. The predicted octanol–water partition coefficient (Wildman–Crippen LogP) is 6.47. The van der Waals surface area contributed by atoms with Crippen LogP contribution in [0.1, 0.15) is 33.6 Å². The zero-order chi connectivity index (χ0) is 23.4. The van der Waals surface area contributed by atoms with Gasteiger partial charge in [-0.15, -0.1) is 0 Å². The molecule has 1 aromatic heterocycles. The predicted molar refractivity (Wildman–Crippen MR) is 126 cm³/mol. The third kappa shape index (κ3) is 4.36. The summed E-state index contributed by atoms with van der Waals surface area (Å²) < 4.78 is 26.4. The number of pyridine rings is 1. The number of hydrogen-bond donors (Lipinski definition) is 0. The highest BCUT2D eigenvalue weighted by Gasteiger charge is 2.55. The molecule has 172 valence electrons. The molecule has 2 fully saturated rings. The van der Waals surface area contributed by atoms with Crippen molar-refractivity contribution in [3.05, 3.63) is 59.5 Å². The van der Waals surface area contributed by atoms with Crippen LogP contribution in [0.2, 0.25) is 5.02 Å². The minimum atomic E-state index is -0.489. The maximum absolute atomic E-state index is 14.9. The molecule has 0 bridgehead atoms. The summed E-state index contributed by atoms with van der Waals surface area (Å²) in [6.07, 6.45) is 3.13. The molecule has 0 N–H and O–H groups in total. The number of halogens is 2. The van der Waals surface area contributed by atoms with E-state index >= 15 is 0 Å². The van der Waals surface area contributed by atoms with Gasteiger partial charge in [0.2, 0.25) is 0 Å². The highest BCUT2D eigenvalue weighted by molar-refractivity contribution is 6.35. The van der Waals surface area contributed by atoms with Crippen LogP contribution in [0.4, 0.5) is 9.18 Å². The number of nitrogens with zero attached hydrogens (tertiary/aromatic N) is 2. The molecular weight excluding hydrogens is 443 g/mol. The zero-order valence-corrected chi connectivity index (χ0v) is 19.7. The largest absolute Gasteiger partial charge is 0.490 e. The van der Waals surface area contributed by atoms with Gasteiger partial charge in [0.25, 0.3) is 0 Å². The Morgan fingerprint density at radius 2 is 1.91 bits per heavy atom. The van der Waals surface area contributed by atoms with Gasteiger partial charge < -0.3 is 14.4 Å². The molecule has 1 amide bonds. The van der Waals surface area contributed by atoms with Gasteiger partial charge in [0, 0.05) is 41.7 Å². The summed E-state index contributed by atoms with van der Waals surface area (Å²) in [4.78, 5) is 18.2. The van der Waals surface area contributed by atoms with Crippen molar-refractivity contribution in [2.24, 2.45) is 5.41 Å². The van der Waals surface area contributed by atoms with Crippen molar-refractivity contribution in [2.75, 3.05) is 13.1 Å². The van der Waals surface area contributed by atoms with Crippen LogP contribution in [-0.4, -0.2) is 40.8 Å². The molecule has 1 aliphatic carbocycles. The van der Waals surface area contributed by atoms with E-state index in [0.717, 1.165) is 29.3 Å². The SMILES string of the molecule is CC(C)(C)OC(=O)N1CC2(CC(Oc3ccc(-c4ccc5nccc(Cl)c5c4)c(F)c3)C2)C1. The normalized spacial score (nSPS) is 17.5. The lowest BCUT2D eigenvalue weighted by Crippen LogP contribution is -2.66. The molecule has 1 spiro atoms. The molecule has 2 aliphatic rings. The zero-order valence-electron chi connectivity index (χ0n) is 18.9. The number of amides is 1. The van der Waals surface area contributed by atoms with E-state index < -0.39 is 5.60 Å². The molecule has 33 heavy (non-hydrogen) atoms. The number of hydrogen-bond acceptors (Lipinski definition) is 4. The van der Waals surface area contributed by atoms with E-state index in [9.17, 15) is 9.18 Å². The molecule has 1 aliphatic heterocycles. The van der Waals surface area contributed by atoms with Crippen molar-refractivity contribution in [2.45, 2.75) is 45.3 Å². The van der Waals surface area contributed by atoms with Gasteiger partial charge in [-0.1, -0.05) is 17.7 Å². The molecule has 0 unspecified atom stereocenters. The average Bonchev–Trinajstić information content (AvgIpc) is 2.67. The number of rotatable bonds is 3. The highest BCUT2D eigenvalue weighted by atomic mass is 35.5. The summed E-state index contributed by atoms with van der Waals surface area (Å²) >= 11 is 6.27. The van der Waals surface area contributed by atoms with Gasteiger partial charge in [-0.05, 0) is 69.5 Å². The third-order valence-corrected chi connectivity index (χ3v) is 6.60. The smallest absolute Gasteiger partial charge is 0.410 e. The van der Waals surface area contributed by atoms with Gasteiger partial charge in [0.15, 0.2) is 0 Å². The Balaban J connectivity index is 1.20. The number of carbonyl (C=O) groups excluding carboxylic acids is 1. The van der Waals surface area contributed by atoms with Crippen molar-refractivity contribution < 1.29 is 18.7 Å². The first-order valence-electron chi connectivity index (χ1n) is 11.1. The van der Waals surface area contributed by atoms with Gasteiger partial charge in [-0.3, -0.25) is 4.98 Å². The van der Waals surface area contributed by atoms with Crippen molar-refractivity contribution in [3.63, 3.8) is 0 Å². The number of fused-ring (bicyclic) bond motifs is 1. The van der Waals surface area contributed by atoms with Crippen LogP contribution >= 0.6 is 11.6 Å². The lowest BCUT2D eigenvalue weighted by Gasteiger charge is -2.58. The van der Waals surface area contributed by atoms with Crippen LogP contribution in [0, 0.1) is 11.2 Å². The Labute approximate surface area is 197 Å². The van der Waals surface area contributed by atoms with Crippen LogP contribution in [0.15, 0.2) is 48.7 Å². The van der Waals surface area contributed by atoms with Gasteiger partial charge in [-0.25, -0.2) is 9.18 Å². The second-order valence-corrected chi connectivity index (χ2v) is 10.6. The van der Waals surface area contributed by atoms with Crippen LogP contribution in [0.25, 0.3) is 22.0 Å². The van der Waals surface area contributed by atoms with Gasteiger partial charge >= 0.3 is 6.09 Å². The van der Waals surface area contributed by atoms with Gasteiger partial charge in [0.05, 0.1) is 10.5 Å². The molecule has 3 aromatic rings. The number of aromatic nitrogens is 1. The van der Waals surface area contributed by atoms with Crippen LogP contribution in [0.5, 0.6) is 5.75 Å². The second kappa shape index (κ2) is 7.87. The quantitative estimate of drug-likeness (QED) is 0.442. The van der Waals surface area contributed by atoms with Crippen LogP contribution in [-0.2, 0) is 4.74 Å². The molecule has 5 nitrogen and oxygen atoms in total. The van der Waals surface area contributed by atoms with Crippen molar-refractivity contribution in [3.8, 4) is 16.9 Å². The minimum Gasteiger partial charge on any atom is -0.490 e. The monoisotopic (exact) mass is 468 g/mol. The summed E-state index contributed by atoms with van der Waals surface area (Å²) in [5.41, 5.74) is 1.62. The number of benzene rings is 2. The molecule has 1 saturated carbocycles. The standard InChI is InChI=1S/C26H26ClFN2O3/c1-25(2,3)33-24(31)30-14-26(15-30)12-18(13-26)32-17-5-6-19(22(28)11-17)16-4-7-23-20(10-16)21(27)8-9-29-23/h4-11,18H,12-15H2,1-3H3. The van der Waals surface area contributed by atoms with Crippen molar-refractivity contribution in [1.29, 1.82) is 0 Å². The molecular formula is C26H26ClFN2O3. The summed E-state index contributed by atoms with van der Waals surface area (Å²) in [5, 5.41) is 1.37. The Morgan fingerprint density at radius 3 is 2.61 bits per heavy atom. The Bertz CT molecular complexity index is 1230. The molecule has 2 heterocycles. The molecule has 5 rings (SSSR count). The molecule has 2 aromatic carbocycles. The molecule has 1 saturated heterocycles. The van der Waals surface area contributed by atoms with Crippen molar-refractivity contribution >= 4 is 28.6 Å². The third-order valence-electron chi connectivity index (χ3n) is 6.27. The van der Waals surface area contributed by atoms with Gasteiger partial charge in [-0.2, -0.15) is 0 Å². The lowest BCUT2D eigenvalue weighted by atomic mass is 9.62. The van der Waals surface area contributed by atoms with E-state index in [-0.39, 0.29) is 23.4 Å². The molecule has 0 atom stereocenters. The fourth-order valence-corrected chi connectivity index (χ4v) is 4.95. The van der Waals surface area contributed by atoms with E-state index in [1.54, 1.807) is 29.3 Å². The summed E-state index contributed by atoms with van der Waals surface area (Å²) in [5.74, 6) is 0.167. The summed E-state index contributed by atoms with van der Waals surface area (Å²) in [6.45, 7) is 6.97. The Morgan fingerprint density at radius 1 is 1.15 bits per heavy atom. The highest BCUT2D eigenvalue weighted by Crippen LogP contribution is 2.50. The minimum absolute atomic E-state index is 0.0292. The number of likely N-dealkylation sites (tertiary alicyclic amines) is 1. The van der Waals surface area contributed by atoms with E-state index in [1.165, 1.54) is 6.07 Å². The van der Waals surface area contributed by atoms with Crippen LogP contribution in [0.3, 0.4) is 0 Å². The van der Waals surface area contributed by atoms with E-state index in [2.05, 4.69) is 4.98 Å². The van der Waals surface area contributed by atoms with Gasteiger partial charge in [0.1, 0.15) is 23.3 Å². The number of ether oxygens (including phenoxy) is 2. The topological polar surface area (TPSA) is 51.7 Å². The number of carbonyl (C=O) groups is 1. The summed E-state index contributed by atoms with van der Waals surface area (Å²) in [6, 6.07) is 12.2. The lowest BCUT2D eigenvalue weighted by molar-refractivity contribution is -0.116. The molecule has 7 heteroatoms. The fraction of sp³-hybridized carbons (Fsp3) is 0.385.